The number of hydrogen-bond donors (Lipinski definition) is 1. The summed E-state index contributed by atoms with van der Waals surface area (Å²) in [6.45, 7) is 21.5. The number of aliphatic hydroxyl groups is 1. The van der Waals surface area contributed by atoms with Crippen LogP contribution in [0.2, 0.25) is 19.6 Å². The van der Waals surface area contributed by atoms with Crippen molar-refractivity contribution in [1.29, 1.82) is 0 Å². The van der Waals surface area contributed by atoms with Crippen molar-refractivity contribution >= 4 is 55.9 Å². The molecule has 1 aromatic rings. The largest absolute Gasteiger partial charge is 0.493 e. The number of esters is 1. The Hall–Kier alpha value is -4.28. The second-order valence-corrected chi connectivity index (χ2v) is 30.9. The summed E-state index contributed by atoms with van der Waals surface area (Å²) in [5.74, 6) is -7.73. The highest BCUT2D eigenvalue weighted by Crippen LogP contribution is 2.39. The van der Waals surface area contributed by atoms with Gasteiger partial charge in [-0.2, -0.15) is 0 Å². The molecule has 2 bridgehead atoms. The molecule has 85 heavy (non-hydrogen) atoms. The maximum Gasteiger partial charge on any atom is 0.493 e. The Kier molecular flexibility index (Phi) is 26.1. The molecule has 1 aliphatic carbocycles. The number of methoxy groups -OCH3 is 3. The average Bonchev–Trinajstić information content (AvgIpc) is 2.62. The Labute approximate surface area is 507 Å². The topological polar surface area (TPSA) is 209 Å². The summed E-state index contributed by atoms with van der Waals surface area (Å²) in [6.07, 6.45) is 12.5. The van der Waals surface area contributed by atoms with Crippen LogP contribution in [0.3, 0.4) is 0 Å². The van der Waals surface area contributed by atoms with Gasteiger partial charge < -0.3 is 52.2 Å². The third-order valence-electron chi connectivity index (χ3n) is 18.2. The first kappa shape index (κ1) is 69.8. The summed E-state index contributed by atoms with van der Waals surface area (Å²) in [5.41, 5.74) is 1.27. The van der Waals surface area contributed by atoms with Gasteiger partial charge in [0.05, 0.1) is 35.9 Å². The molecule has 1 amide bonds. The van der Waals surface area contributed by atoms with Gasteiger partial charge in [0, 0.05) is 71.7 Å². The van der Waals surface area contributed by atoms with Crippen molar-refractivity contribution in [3.8, 4) is 0 Å². The average molecular weight is 1200 g/mol. The lowest BCUT2D eigenvalue weighted by Gasteiger charge is -2.42. The number of nitrogens with zero attached hydrogens (tertiary/aromatic N) is 1. The van der Waals surface area contributed by atoms with Gasteiger partial charge >= 0.3 is 13.1 Å². The van der Waals surface area contributed by atoms with Crippen LogP contribution in [0.15, 0.2) is 77.9 Å². The molecular formula is C66H100BNO16Si. The molecular weight excluding hydrogens is 1100 g/mol. The second kappa shape index (κ2) is 31.8. The molecule has 4 fully saturated rings. The summed E-state index contributed by atoms with van der Waals surface area (Å²) < 4.78 is 55.8. The number of amides is 1. The number of Topliss-reactive ketones (excluding diaryl/α,β-unsaturated/α-hetero) is 4. The number of ketones is 4. The lowest BCUT2D eigenvalue weighted by molar-refractivity contribution is -0.265. The zero-order valence-corrected chi connectivity index (χ0v) is 54.3. The molecule has 6 rings (SSSR count). The Bertz CT molecular complexity index is 2540. The zero-order chi connectivity index (χ0) is 62.4. The van der Waals surface area contributed by atoms with Crippen molar-refractivity contribution in [2.24, 2.45) is 40.9 Å². The smallest absolute Gasteiger partial charge is 0.460 e. The molecule has 17 nitrogen and oxygen atoms in total. The van der Waals surface area contributed by atoms with E-state index in [9.17, 15) is 33.9 Å². The van der Waals surface area contributed by atoms with Gasteiger partial charge in [-0.15, -0.1) is 0 Å². The Morgan fingerprint density at radius 3 is 2.21 bits per heavy atom. The fourth-order valence-electron chi connectivity index (χ4n) is 12.8. The van der Waals surface area contributed by atoms with Crippen molar-refractivity contribution < 1.29 is 76.0 Å². The number of carbonyl (C=O) groups excluding carboxylic acids is 6. The van der Waals surface area contributed by atoms with E-state index in [1.807, 2.05) is 115 Å². The van der Waals surface area contributed by atoms with Crippen LogP contribution >= 0.6 is 0 Å². The number of hydrogen-bond acceptors (Lipinski definition) is 16. The third kappa shape index (κ3) is 18.9. The van der Waals surface area contributed by atoms with Gasteiger partial charge in [-0.3, -0.25) is 24.0 Å². The van der Waals surface area contributed by atoms with E-state index in [1.54, 1.807) is 28.1 Å². The number of piperidine rings is 1. The minimum Gasteiger partial charge on any atom is -0.460 e. The van der Waals surface area contributed by atoms with Gasteiger partial charge in [-0.1, -0.05) is 101 Å². The minimum absolute atomic E-state index is 0.0383. The van der Waals surface area contributed by atoms with E-state index in [0.717, 1.165) is 11.0 Å². The third-order valence-corrected chi connectivity index (χ3v) is 19.2. The highest BCUT2D eigenvalue weighted by atomic mass is 28.4. The Morgan fingerprint density at radius 1 is 0.847 bits per heavy atom. The van der Waals surface area contributed by atoms with Crippen LogP contribution in [0.4, 0.5) is 0 Å². The number of ether oxygens (including phenoxy) is 6. The van der Waals surface area contributed by atoms with Gasteiger partial charge in [0.2, 0.25) is 5.79 Å². The maximum atomic E-state index is 14.8. The molecule has 1 N–H and O–H groups in total. The van der Waals surface area contributed by atoms with Gasteiger partial charge in [0.1, 0.15) is 24.9 Å². The normalized spacial score (nSPS) is 33.6. The quantitative estimate of drug-likeness (QED) is 0.111. The second-order valence-electron chi connectivity index (χ2n) is 26.4. The summed E-state index contributed by atoms with van der Waals surface area (Å²) >= 11 is 0. The van der Waals surface area contributed by atoms with E-state index in [4.69, 9.17) is 42.2 Å². The molecule has 3 saturated heterocycles. The van der Waals surface area contributed by atoms with E-state index >= 15 is 0 Å². The van der Waals surface area contributed by atoms with Crippen molar-refractivity contribution in [2.75, 3.05) is 47.7 Å². The van der Waals surface area contributed by atoms with Crippen molar-refractivity contribution in [3.63, 3.8) is 0 Å². The van der Waals surface area contributed by atoms with Crippen LogP contribution in [-0.2, 0) is 70.9 Å². The molecule has 1 saturated carbocycles. The summed E-state index contributed by atoms with van der Waals surface area (Å²) in [5, 5.41) is 12.1. The number of allylic oxidation sites excluding steroid dienone is 6. The SMILES string of the molecule is CO[C@H]1C[C@@H]2CC[C@@H](C)[C@@](O)(O2)C(=O)C(=O)N2CCCC[C@H]2C(=O)O[C@H]([C@H](C)C[C@@H]2CC[C@@H](OCC(=O)C3(C)COB(c4ccccc4)OC3)[C@H](OC)C2)CC(=O)C(C)=CC(C)[C@@H](O[Si](C)(C)C)[C@@H](OC)C(=O)[C@H](C)C[C@H](C)C=CC=CC=C1C. The van der Waals surface area contributed by atoms with Crippen LogP contribution in [0.1, 0.15) is 132 Å². The van der Waals surface area contributed by atoms with Crippen LogP contribution in [-0.4, -0.2) is 163 Å². The maximum absolute atomic E-state index is 14.8. The Morgan fingerprint density at radius 2 is 1.55 bits per heavy atom. The standard InChI is InChI=1S/C66H100BNO16Si/c1-42-23-17-15-18-24-43(2)55(76-9)37-51-30-28-48(7)66(75,83-51)62(72)63(73)68-32-22-21-27-52(68)64(74)82-56(38-53(69)44(3)34-47(6)60(84-85(12,13)14)61(78-11)59(71)46(5)33-42)45(4)35-49-29-31-54(57(36-49)77-10)79-39-58(70)65(8)40-80-67(81-41-65)50-25-19-16-20-26-50/h15-20,23-26,34,42,45-49,51-52,54-57,60-61,75H,21-22,27-33,35-41H2,1-14H3/t42-,45-,46-,47?,48-,49+,51+,52+,54-,55+,56+,57-,60-,61+,66-/m1/s1. The lowest BCUT2D eigenvalue weighted by Crippen LogP contribution is -2.61. The summed E-state index contributed by atoms with van der Waals surface area (Å²) in [6, 6.07) is 8.43. The monoisotopic (exact) mass is 1200 g/mol. The number of rotatable bonds is 13. The van der Waals surface area contributed by atoms with Crippen molar-refractivity contribution in [1.82, 2.24) is 4.90 Å². The zero-order valence-electron chi connectivity index (χ0n) is 53.3. The highest BCUT2D eigenvalue weighted by Gasteiger charge is 2.53. The van der Waals surface area contributed by atoms with E-state index in [1.165, 1.54) is 12.0 Å². The van der Waals surface area contributed by atoms with Crippen LogP contribution < -0.4 is 5.46 Å². The van der Waals surface area contributed by atoms with E-state index < -0.39 is 92.7 Å². The predicted molar refractivity (Wildman–Crippen MR) is 328 cm³/mol. The van der Waals surface area contributed by atoms with Gasteiger partial charge in [-0.25, -0.2) is 4.79 Å². The first-order valence-electron chi connectivity index (χ1n) is 31.1. The molecule has 15 atom stereocenters. The van der Waals surface area contributed by atoms with Gasteiger partial charge in [0.15, 0.2) is 25.7 Å². The molecule has 472 valence electrons. The fraction of sp³-hybridized carbons (Fsp3) is 0.697. The first-order valence-corrected chi connectivity index (χ1v) is 34.5. The number of fused-ring (bicyclic) bond motifs is 3. The van der Waals surface area contributed by atoms with Gasteiger partial charge in [-0.05, 0) is 139 Å². The summed E-state index contributed by atoms with van der Waals surface area (Å²) in [4.78, 5) is 88.0. The molecule has 4 aliphatic heterocycles. The number of carbonyl (C=O) groups is 6. The molecule has 5 aliphatic rings. The molecule has 4 heterocycles. The Balaban J connectivity index is 1.26. The van der Waals surface area contributed by atoms with Crippen LogP contribution in [0.25, 0.3) is 0 Å². The molecule has 0 aromatic heterocycles. The molecule has 1 aromatic carbocycles. The van der Waals surface area contributed by atoms with Gasteiger partial charge in [0.25, 0.3) is 11.7 Å². The van der Waals surface area contributed by atoms with Crippen LogP contribution in [0.5, 0.6) is 0 Å². The summed E-state index contributed by atoms with van der Waals surface area (Å²) in [7, 11) is 1.86. The van der Waals surface area contributed by atoms with E-state index in [-0.39, 0.29) is 92.4 Å². The first-order chi connectivity index (χ1) is 40.2. The highest BCUT2D eigenvalue weighted by molar-refractivity contribution is 6.69. The van der Waals surface area contributed by atoms with E-state index in [0.29, 0.717) is 69.8 Å². The van der Waals surface area contributed by atoms with Crippen LogP contribution in [0, 0.1) is 40.9 Å². The minimum atomic E-state index is -2.45. The number of benzene rings is 1. The van der Waals surface area contributed by atoms with E-state index in [2.05, 4.69) is 13.0 Å². The predicted octanol–water partition coefficient (Wildman–Crippen LogP) is 9.08. The lowest BCUT2D eigenvalue weighted by atomic mass is 9.75. The molecule has 0 spiro atoms. The van der Waals surface area contributed by atoms with Crippen molar-refractivity contribution in [2.45, 2.75) is 207 Å². The molecule has 1 unspecified atom stereocenters. The molecule has 0 radical (unpaired) electrons. The fourth-order valence-corrected chi connectivity index (χ4v) is 14.0. The van der Waals surface area contributed by atoms with Crippen molar-refractivity contribution in [3.05, 3.63) is 77.9 Å². The number of cyclic esters (lactones) is 1. The molecule has 19 heteroatoms.